The molecule has 1 N–H and O–H groups in total. The number of hydrogen-bond donors (Lipinski definition) is 1. The smallest absolute Gasteiger partial charge is 0.265 e. The van der Waals surface area contributed by atoms with Crippen molar-refractivity contribution in [1.29, 1.82) is 0 Å². The van der Waals surface area contributed by atoms with Crippen molar-refractivity contribution in [2.24, 2.45) is 0 Å². The third-order valence-corrected chi connectivity index (χ3v) is 4.12. The van der Waals surface area contributed by atoms with Gasteiger partial charge in [-0.1, -0.05) is 6.07 Å². The molecule has 3 rings (SSSR count). The molecule has 110 valence electrons. The Balaban J connectivity index is 1.83. The van der Waals surface area contributed by atoms with Gasteiger partial charge in [0.15, 0.2) is 12.0 Å². The average Bonchev–Trinajstić information content (AvgIpc) is 3.20. The molecule has 0 fully saturated rings. The van der Waals surface area contributed by atoms with Crippen molar-refractivity contribution in [3.8, 4) is 11.3 Å². The van der Waals surface area contributed by atoms with Crippen LogP contribution in [0.25, 0.3) is 11.3 Å². The molecule has 0 aliphatic heterocycles. The highest BCUT2D eigenvalue weighted by Crippen LogP contribution is 2.26. The zero-order valence-electron chi connectivity index (χ0n) is 11.8. The third kappa shape index (κ3) is 2.84. The van der Waals surface area contributed by atoms with E-state index in [0.29, 0.717) is 22.7 Å². The van der Waals surface area contributed by atoms with Crippen LogP contribution in [-0.4, -0.2) is 12.2 Å². The molecular weight excluding hydrogens is 298 g/mol. The van der Waals surface area contributed by atoms with E-state index in [-0.39, 0.29) is 5.91 Å². The van der Waals surface area contributed by atoms with Gasteiger partial charge in [-0.2, -0.15) is 0 Å². The number of carbonyl (C=O) groups is 2. The van der Waals surface area contributed by atoms with E-state index in [1.807, 2.05) is 36.6 Å². The number of thiophene rings is 1. The fraction of sp³-hybridized carbons (Fsp3) is 0.0588. The van der Waals surface area contributed by atoms with Crippen LogP contribution in [-0.2, 0) is 0 Å². The first-order chi connectivity index (χ1) is 10.7. The molecule has 4 nitrogen and oxygen atoms in total. The van der Waals surface area contributed by atoms with Gasteiger partial charge in [-0.3, -0.25) is 9.59 Å². The standard InChI is InChI=1S/C17H13NO3S/c1-11-9-12(15-7-5-13(10-19)21-15)4-6-14(11)18-17(20)16-3-2-8-22-16/h2-10H,1H3,(H,18,20). The molecule has 5 heteroatoms. The maximum absolute atomic E-state index is 12.1. The van der Waals surface area contributed by atoms with Gasteiger partial charge in [0.2, 0.25) is 0 Å². The second-order valence-electron chi connectivity index (χ2n) is 4.78. The van der Waals surface area contributed by atoms with Gasteiger partial charge in [0.1, 0.15) is 5.76 Å². The monoisotopic (exact) mass is 311 g/mol. The summed E-state index contributed by atoms with van der Waals surface area (Å²) >= 11 is 1.40. The van der Waals surface area contributed by atoms with Gasteiger partial charge < -0.3 is 9.73 Å². The Morgan fingerprint density at radius 2 is 2.09 bits per heavy atom. The zero-order chi connectivity index (χ0) is 15.5. The molecule has 0 spiro atoms. The summed E-state index contributed by atoms with van der Waals surface area (Å²) in [7, 11) is 0. The van der Waals surface area contributed by atoms with Crippen LogP contribution in [0.15, 0.2) is 52.3 Å². The van der Waals surface area contributed by atoms with Crippen LogP contribution < -0.4 is 5.32 Å². The van der Waals surface area contributed by atoms with Crippen LogP contribution >= 0.6 is 11.3 Å². The predicted molar refractivity (Wildman–Crippen MR) is 86.5 cm³/mol. The van der Waals surface area contributed by atoms with Crippen molar-refractivity contribution < 1.29 is 14.0 Å². The van der Waals surface area contributed by atoms with E-state index in [2.05, 4.69) is 5.32 Å². The summed E-state index contributed by atoms with van der Waals surface area (Å²) < 4.78 is 5.40. The summed E-state index contributed by atoms with van der Waals surface area (Å²) in [6.07, 6.45) is 0.673. The van der Waals surface area contributed by atoms with E-state index in [1.54, 1.807) is 18.2 Å². The summed E-state index contributed by atoms with van der Waals surface area (Å²) in [6.45, 7) is 1.91. The van der Waals surface area contributed by atoms with Gasteiger partial charge in [-0.15, -0.1) is 11.3 Å². The normalized spacial score (nSPS) is 10.4. The van der Waals surface area contributed by atoms with E-state index >= 15 is 0 Å². The highest BCUT2D eigenvalue weighted by atomic mass is 32.1. The highest BCUT2D eigenvalue weighted by Gasteiger charge is 2.10. The van der Waals surface area contributed by atoms with Crippen molar-refractivity contribution >= 4 is 29.2 Å². The molecule has 0 saturated carbocycles. The molecule has 1 aromatic carbocycles. The zero-order valence-corrected chi connectivity index (χ0v) is 12.6. The Hall–Kier alpha value is -2.66. The first-order valence-corrected chi connectivity index (χ1v) is 7.56. The largest absolute Gasteiger partial charge is 0.453 e. The Morgan fingerprint density at radius 3 is 2.73 bits per heavy atom. The minimum Gasteiger partial charge on any atom is -0.453 e. The van der Waals surface area contributed by atoms with Crippen LogP contribution in [0.3, 0.4) is 0 Å². The van der Waals surface area contributed by atoms with Crippen molar-refractivity contribution in [3.63, 3.8) is 0 Å². The van der Waals surface area contributed by atoms with Crippen molar-refractivity contribution in [1.82, 2.24) is 0 Å². The van der Waals surface area contributed by atoms with E-state index < -0.39 is 0 Å². The van der Waals surface area contributed by atoms with Gasteiger partial charge in [-0.25, -0.2) is 0 Å². The number of furan rings is 1. The molecule has 0 unspecified atom stereocenters. The van der Waals surface area contributed by atoms with Gasteiger partial charge in [-0.05, 0) is 54.3 Å². The van der Waals surface area contributed by atoms with Gasteiger partial charge in [0.25, 0.3) is 5.91 Å². The average molecular weight is 311 g/mol. The van der Waals surface area contributed by atoms with Gasteiger partial charge in [0.05, 0.1) is 4.88 Å². The Morgan fingerprint density at radius 1 is 1.23 bits per heavy atom. The number of aldehydes is 1. The van der Waals surface area contributed by atoms with Crippen LogP contribution in [0.2, 0.25) is 0 Å². The number of aryl methyl sites for hydroxylation is 1. The van der Waals surface area contributed by atoms with E-state index in [9.17, 15) is 9.59 Å². The molecule has 0 radical (unpaired) electrons. The molecule has 0 atom stereocenters. The SMILES string of the molecule is Cc1cc(-c2ccc(C=O)o2)ccc1NC(=O)c1cccs1. The summed E-state index contributed by atoms with van der Waals surface area (Å²) in [5.74, 6) is 0.802. The molecule has 0 saturated heterocycles. The van der Waals surface area contributed by atoms with E-state index in [0.717, 1.165) is 16.8 Å². The van der Waals surface area contributed by atoms with Crippen LogP contribution in [0, 0.1) is 6.92 Å². The number of benzene rings is 1. The second-order valence-corrected chi connectivity index (χ2v) is 5.73. The lowest BCUT2D eigenvalue weighted by Gasteiger charge is -2.08. The second kappa shape index (κ2) is 5.99. The lowest BCUT2D eigenvalue weighted by atomic mass is 10.1. The van der Waals surface area contributed by atoms with Crippen molar-refractivity contribution in [2.75, 3.05) is 5.32 Å². The predicted octanol–water partition coefficient (Wildman–Crippen LogP) is 4.38. The summed E-state index contributed by atoms with van der Waals surface area (Å²) in [5, 5.41) is 4.76. The molecule has 2 heterocycles. The summed E-state index contributed by atoms with van der Waals surface area (Å²) in [4.78, 5) is 23.4. The minimum absolute atomic E-state index is 0.118. The number of carbonyl (C=O) groups excluding carboxylic acids is 2. The fourth-order valence-electron chi connectivity index (χ4n) is 2.12. The summed E-state index contributed by atoms with van der Waals surface area (Å²) in [5.41, 5.74) is 2.54. The third-order valence-electron chi connectivity index (χ3n) is 3.25. The highest BCUT2D eigenvalue weighted by molar-refractivity contribution is 7.12. The number of anilines is 1. The van der Waals surface area contributed by atoms with E-state index in [1.165, 1.54) is 11.3 Å². The number of nitrogens with one attached hydrogen (secondary N) is 1. The van der Waals surface area contributed by atoms with Crippen LogP contribution in [0.1, 0.15) is 25.8 Å². The maximum atomic E-state index is 12.1. The fourth-order valence-corrected chi connectivity index (χ4v) is 2.74. The Bertz CT molecular complexity index is 818. The summed E-state index contributed by atoms with van der Waals surface area (Å²) in [6, 6.07) is 12.6. The Labute approximate surface area is 131 Å². The first kappa shape index (κ1) is 14.3. The molecule has 0 aliphatic carbocycles. The molecule has 1 amide bonds. The quantitative estimate of drug-likeness (QED) is 0.727. The number of hydrogen-bond acceptors (Lipinski definition) is 4. The molecule has 3 aromatic rings. The molecular formula is C17H13NO3S. The molecule has 22 heavy (non-hydrogen) atoms. The number of amides is 1. The maximum Gasteiger partial charge on any atom is 0.265 e. The van der Waals surface area contributed by atoms with Gasteiger partial charge >= 0.3 is 0 Å². The minimum atomic E-state index is -0.118. The lowest BCUT2D eigenvalue weighted by Crippen LogP contribution is -2.11. The number of rotatable bonds is 4. The molecule has 0 aliphatic rings. The Kier molecular flexibility index (Phi) is 3.89. The first-order valence-electron chi connectivity index (χ1n) is 6.68. The molecule has 2 aromatic heterocycles. The van der Waals surface area contributed by atoms with Crippen LogP contribution in [0.5, 0.6) is 0 Å². The lowest BCUT2D eigenvalue weighted by molar-refractivity contribution is 0.102. The van der Waals surface area contributed by atoms with Crippen LogP contribution in [0.4, 0.5) is 5.69 Å². The molecule has 0 bridgehead atoms. The van der Waals surface area contributed by atoms with E-state index in [4.69, 9.17) is 4.42 Å². The topological polar surface area (TPSA) is 59.3 Å². The van der Waals surface area contributed by atoms with Gasteiger partial charge in [0, 0.05) is 11.3 Å². The van der Waals surface area contributed by atoms with Crippen molar-refractivity contribution in [2.45, 2.75) is 6.92 Å². The van der Waals surface area contributed by atoms with Crippen molar-refractivity contribution in [3.05, 3.63) is 64.0 Å².